The van der Waals surface area contributed by atoms with Crippen molar-refractivity contribution >= 4 is 42.8 Å². The van der Waals surface area contributed by atoms with Crippen LogP contribution in [0, 0.1) is 12.7 Å². The van der Waals surface area contributed by atoms with Gasteiger partial charge in [-0.15, -0.1) is 0 Å². The predicted octanol–water partition coefficient (Wildman–Crippen LogP) is 4.21. The molecule has 0 amide bonds. The van der Waals surface area contributed by atoms with Gasteiger partial charge in [-0.3, -0.25) is 0 Å². The Kier molecular flexibility index (Phi) is 2.58. The summed E-state index contributed by atoms with van der Waals surface area (Å²) in [6, 6.07) is 4.92. The van der Waals surface area contributed by atoms with Crippen LogP contribution in [0.4, 0.5) is 4.39 Å². The summed E-state index contributed by atoms with van der Waals surface area (Å²) in [4.78, 5) is 4.18. The SMILES string of the molecule is Cc1nc2c(F)cccc2c(Br)c1Br. The van der Waals surface area contributed by atoms with Crippen LogP contribution in [0.5, 0.6) is 0 Å². The zero-order valence-corrected chi connectivity index (χ0v) is 10.5. The normalized spacial score (nSPS) is 10.9. The van der Waals surface area contributed by atoms with Gasteiger partial charge in [-0.2, -0.15) is 0 Å². The molecule has 0 bridgehead atoms. The summed E-state index contributed by atoms with van der Waals surface area (Å²) < 4.78 is 15.1. The Labute approximate surface area is 97.6 Å². The monoisotopic (exact) mass is 317 g/mol. The van der Waals surface area contributed by atoms with Gasteiger partial charge in [-0.1, -0.05) is 12.1 Å². The second kappa shape index (κ2) is 3.59. The van der Waals surface area contributed by atoms with E-state index in [9.17, 15) is 4.39 Å². The summed E-state index contributed by atoms with van der Waals surface area (Å²) in [7, 11) is 0. The number of aryl methyl sites for hydroxylation is 1. The Bertz CT molecular complexity index is 511. The van der Waals surface area contributed by atoms with E-state index < -0.39 is 0 Å². The molecule has 0 aliphatic rings. The van der Waals surface area contributed by atoms with Crippen LogP contribution in [0.1, 0.15) is 5.69 Å². The largest absolute Gasteiger partial charge is 0.249 e. The van der Waals surface area contributed by atoms with E-state index in [1.165, 1.54) is 6.07 Å². The Balaban J connectivity index is 2.98. The molecule has 0 fully saturated rings. The molecule has 72 valence electrons. The molecular weight excluding hydrogens is 313 g/mol. The van der Waals surface area contributed by atoms with Crippen molar-refractivity contribution in [3.05, 3.63) is 38.7 Å². The minimum absolute atomic E-state index is 0.293. The first-order valence-corrected chi connectivity index (χ1v) is 5.59. The first-order chi connectivity index (χ1) is 6.61. The van der Waals surface area contributed by atoms with Crippen molar-refractivity contribution in [1.29, 1.82) is 0 Å². The first kappa shape index (κ1) is 10.1. The van der Waals surface area contributed by atoms with Crippen LogP contribution in [0.15, 0.2) is 27.1 Å². The van der Waals surface area contributed by atoms with Gasteiger partial charge in [0.25, 0.3) is 0 Å². The lowest BCUT2D eigenvalue weighted by Crippen LogP contribution is -1.90. The number of halogens is 3. The third kappa shape index (κ3) is 1.46. The van der Waals surface area contributed by atoms with E-state index in [0.29, 0.717) is 5.52 Å². The lowest BCUT2D eigenvalue weighted by Gasteiger charge is -2.05. The summed E-state index contributed by atoms with van der Waals surface area (Å²) in [6.45, 7) is 1.83. The summed E-state index contributed by atoms with van der Waals surface area (Å²) >= 11 is 6.81. The Hall–Kier alpha value is -0.480. The van der Waals surface area contributed by atoms with Crippen molar-refractivity contribution in [1.82, 2.24) is 4.98 Å². The van der Waals surface area contributed by atoms with Gasteiger partial charge in [0.05, 0.1) is 10.2 Å². The number of hydrogen-bond acceptors (Lipinski definition) is 1. The molecule has 14 heavy (non-hydrogen) atoms. The highest BCUT2D eigenvalue weighted by Gasteiger charge is 2.10. The average molecular weight is 319 g/mol. The van der Waals surface area contributed by atoms with Crippen molar-refractivity contribution < 1.29 is 4.39 Å². The van der Waals surface area contributed by atoms with Crippen LogP contribution in [0.3, 0.4) is 0 Å². The van der Waals surface area contributed by atoms with Gasteiger partial charge < -0.3 is 0 Å². The quantitative estimate of drug-likeness (QED) is 0.709. The van der Waals surface area contributed by atoms with Gasteiger partial charge in [0, 0.05) is 9.86 Å². The lowest BCUT2D eigenvalue weighted by molar-refractivity contribution is 0.636. The summed E-state index contributed by atoms with van der Waals surface area (Å²) in [5, 5.41) is 0.780. The second-order valence-electron chi connectivity index (χ2n) is 2.96. The van der Waals surface area contributed by atoms with Crippen molar-refractivity contribution in [2.45, 2.75) is 6.92 Å². The summed E-state index contributed by atoms with van der Waals surface area (Å²) in [5.41, 5.74) is 1.18. The van der Waals surface area contributed by atoms with E-state index in [1.54, 1.807) is 6.07 Å². The molecule has 4 heteroatoms. The molecule has 0 saturated carbocycles. The molecule has 0 aliphatic heterocycles. The van der Waals surface area contributed by atoms with Crippen molar-refractivity contribution in [3.63, 3.8) is 0 Å². The molecule has 0 N–H and O–H groups in total. The molecule has 1 aromatic heterocycles. The third-order valence-electron chi connectivity index (χ3n) is 2.01. The minimum atomic E-state index is -0.293. The van der Waals surface area contributed by atoms with Crippen LogP contribution in [0.2, 0.25) is 0 Å². The molecule has 1 heterocycles. The van der Waals surface area contributed by atoms with Gasteiger partial charge in [0.1, 0.15) is 11.3 Å². The van der Waals surface area contributed by atoms with Gasteiger partial charge in [-0.25, -0.2) is 9.37 Å². The fraction of sp³-hybridized carbons (Fsp3) is 0.100. The van der Waals surface area contributed by atoms with Crippen molar-refractivity contribution in [2.24, 2.45) is 0 Å². The maximum atomic E-state index is 13.4. The molecule has 0 aliphatic carbocycles. The average Bonchev–Trinajstić information content (AvgIpc) is 2.17. The minimum Gasteiger partial charge on any atom is -0.249 e. The Morgan fingerprint density at radius 1 is 1.21 bits per heavy atom. The highest BCUT2D eigenvalue weighted by atomic mass is 79.9. The standard InChI is InChI=1S/C10H6Br2FN/c1-5-8(11)9(12)6-3-2-4-7(13)10(6)14-5/h2-4H,1H3. The number of nitrogens with zero attached hydrogens (tertiary/aromatic N) is 1. The summed E-state index contributed by atoms with van der Waals surface area (Å²) in [5.74, 6) is -0.293. The third-order valence-corrected chi connectivity index (χ3v) is 4.34. The number of hydrogen-bond donors (Lipinski definition) is 0. The maximum absolute atomic E-state index is 13.4. The molecule has 1 aromatic carbocycles. The molecule has 0 saturated heterocycles. The fourth-order valence-corrected chi connectivity index (χ4v) is 2.21. The Morgan fingerprint density at radius 2 is 1.93 bits per heavy atom. The number of pyridine rings is 1. The Morgan fingerprint density at radius 3 is 2.64 bits per heavy atom. The highest BCUT2D eigenvalue weighted by Crippen LogP contribution is 2.33. The van der Waals surface area contributed by atoms with E-state index in [4.69, 9.17) is 0 Å². The fourth-order valence-electron chi connectivity index (χ4n) is 1.30. The second-order valence-corrected chi connectivity index (χ2v) is 4.55. The molecule has 2 aromatic rings. The lowest BCUT2D eigenvalue weighted by atomic mass is 10.2. The van der Waals surface area contributed by atoms with Crippen LogP contribution < -0.4 is 0 Å². The van der Waals surface area contributed by atoms with Crippen molar-refractivity contribution in [3.8, 4) is 0 Å². The zero-order valence-electron chi connectivity index (χ0n) is 7.31. The van der Waals surface area contributed by atoms with E-state index in [0.717, 1.165) is 20.0 Å². The number of fused-ring (bicyclic) bond motifs is 1. The smallest absolute Gasteiger partial charge is 0.149 e. The van der Waals surface area contributed by atoms with Crippen LogP contribution in [0.25, 0.3) is 10.9 Å². The number of aromatic nitrogens is 1. The van der Waals surface area contributed by atoms with E-state index in [1.807, 2.05) is 13.0 Å². The predicted molar refractivity (Wildman–Crippen MR) is 61.8 cm³/mol. The molecule has 0 radical (unpaired) electrons. The molecular formula is C10H6Br2FN. The van der Waals surface area contributed by atoms with E-state index in [-0.39, 0.29) is 5.82 Å². The first-order valence-electron chi connectivity index (χ1n) is 4.01. The number of rotatable bonds is 0. The van der Waals surface area contributed by atoms with Gasteiger partial charge in [0.2, 0.25) is 0 Å². The summed E-state index contributed by atoms with van der Waals surface area (Å²) in [6.07, 6.45) is 0. The zero-order chi connectivity index (χ0) is 10.3. The number of para-hydroxylation sites is 1. The number of benzene rings is 1. The van der Waals surface area contributed by atoms with Gasteiger partial charge in [-0.05, 0) is 44.8 Å². The van der Waals surface area contributed by atoms with Gasteiger partial charge >= 0.3 is 0 Å². The van der Waals surface area contributed by atoms with Crippen LogP contribution in [-0.4, -0.2) is 4.98 Å². The maximum Gasteiger partial charge on any atom is 0.149 e. The molecule has 2 rings (SSSR count). The molecule has 0 atom stereocenters. The molecule has 0 spiro atoms. The highest BCUT2D eigenvalue weighted by molar-refractivity contribution is 9.13. The van der Waals surface area contributed by atoms with E-state index >= 15 is 0 Å². The van der Waals surface area contributed by atoms with Crippen molar-refractivity contribution in [2.75, 3.05) is 0 Å². The molecule has 1 nitrogen and oxygen atoms in total. The topological polar surface area (TPSA) is 12.9 Å². The van der Waals surface area contributed by atoms with E-state index in [2.05, 4.69) is 36.8 Å². The van der Waals surface area contributed by atoms with Crippen LogP contribution >= 0.6 is 31.9 Å². The molecule has 0 unspecified atom stereocenters. The van der Waals surface area contributed by atoms with Gasteiger partial charge in [0.15, 0.2) is 0 Å². The van der Waals surface area contributed by atoms with Crippen LogP contribution in [-0.2, 0) is 0 Å².